The van der Waals surface area contributed by atoms with Crippen LogP contribution < -0.4 is 10.0 Å². The minimum absolute atomic E-state index is 0.0471. The molecule has 0 unspecified atom stereocenters. The molecule has 0 aliphatic heterocycles. The quantitative estimate of drug-likeness (QED) is 0.678. The summed E-state index contributed by atoms with van der Waals surface area (Å²) in [5.41, 5.74) is 0. The van der Waals surface area contributed by atoms with Crippen molar-refractivity contribution in [1.82, 2.24) is 9.71 Å². The van der Waals surface area contributed by atoms with Gasteiger partial charge in [-0.15, -0.1) is 0 Å². The van der Waals surface area contributed by atoms with E-state index in [2.05, 4.69) is 15.0 Å². The second-order valence-corrected chi connectivity index (χ2v) is 8.04. The van der Waals surface area contributed by atoms with Crippen LogP contribution in [0.5, 0.6) is 0 Å². The molecule has 0 aromatic carbocycles. The molecule has 1 aromatic heterocycles. The third kappa shape index (κ3) is 5.53. The second kappa shape index (κ2) is 6.31. The lowest BCUT2D eigenvalue weighted by Gasteiger charge is -2.06. The van der Waals surface area contributed by atoms with Gasteiger partial charge in [0.05, 0.1) is 5.75 Å². The van der Waals surface area contributed by atoms with Crippen LogP contribution in [0.4, 0.5) is 5.82 Å². The maximum atomic E-state index is 11.8. The molecule has 1 heterocycles. The Bertz CT molecular complexity index is 609. The van der Waals surface area contributed by atoms with Gasteiger partial charge in [0.25, 0.3) is 0 Å². The van der Waals surface area contributed by atoms with Gasteiger partial charge in [0.2, 0.25) is 10.0 Å². The Morgan fingerprint density at radius 1 is 1.21 bits per heavy atom. The summed E-state index contributed by atoms with van der Waals surface area (Å²) in [6.45, 7) is 0.0726. The topological polar surface area (TPSA) is 105 Å². The SMILES string of the molecule is CNc1ccc(S(=O)(=O)NCCCS(C)(=O)=O)cn1. The molecule has 0 amide bonds. The summed E-state index contributed by atoms with van der Waals surface area (Å²) in [5.74, 6) is 0.517. The molecule has 0 bridgehead atoms. The molecule has 0 aliphatic carbocycles. The lowest BCUT2D eigenvalue weighted by Crippen LogP contribution is -2.26. The van der Waals surface area contributed by atoms with Crippen molar-refractivity contribution >= 4 is 25.7 Å². The average Bonchev–Trinajstić information content (AvgIpc) is 2.34. The van der Waals surface area contributed by atoms with Gasteiger partial charge >= 0.3 is 0 Å². The molecule has 108 valence electrons. The highest BCUT2D eigenvalue weighted by Gasteiger charge is 2.14. The molecule has 7 nitrogen and oxygen atoms in total. The normalized spacial score (nSPS) is 12.3. The first-order valence-electron chi connectivity index (χ1n) is 5.56. The Morgan fingerprint density at radius 2 is 1.89 bits per heavy atom. The second-order valence-electron chi connectivity index (χ2n) is 4.01. The summed E-state index contributed by atoms with van der Waals surface area (Å²) in [5, 5.41) is 2.78. The monoisotopic (exact) mass is 307 g/mol. The molecule has 0 aliphatic rings. The van der Waals surface area contributed by atoms with E-state index in [0.717, 1.165) is 6.26 Å². The molecule has 1 aromatic rings. The van der Waals surface area contributed by atoms with Crippen molar-refractivity contribution in [3.8, 4) is 0 Å². The molecule has 2 N–H and O–H groups in total. The first kappa shape index (κ1) is 15.9. The summed E-state index contributed by atoms with van der Waals surface area (Å²) in [6, 6.07) is 2.97. The third-order valence-electron chi connectivity index (χ3n) is 2.29. The van der Waals surface area contributed by atoms with Crippen LogP contribution in [-0.4, -0.2) is 47.4 Å². The van der Waals surface area contributed by atoms with Crippen molar-refractivity contribution in [3.05, 3.63) is 18.3 Å². The van der Waals surface area contributed by atoms with Crippen LogP contribution >= 0.6 is 0 Å². The first-order chi connectivity index (χ1) is 8.74. The number of anilines is 1. The van der Waals surface area contributed by atoms with Crippen molar-refractivity contribution in [2.75, 3.05) is 30.9 Å². The maximum Gasteiger partial charge on any atom is 0.242 e. The van der Waals surface area contributed by atoms with Crippen LogP contribution in [0.3, 0.4) is 0 Å². The summed E-state index contributed by atoms with van der Waals surface area (Å²) in [4.78, 5) is 3.95. The zero-order chi connectivity index (χ0) is 14.5. The molecule has 0 saturated carbocycles. The van der Waals surface area contributed by atoms with Gasteiger partial charge in [0.15, 0.2) is 0 Å². The Balaban J connectivity index is 2.60. The fourth-order valence-corrected chi connectivity index (χ4v) is 3.00. The lowest BCUT2D eigenvalue weighted by atomic mass is 10.5. The summed E-state index contributed by atoms with van der Waals surface area (Å²) >= 11 is 0. The van der Waals surface area contributed by atoms with Crippen LogP contribution in [-0.2, 0) is 19.9 Å². The Morgan fingerprint density at radius 3 is 2.37 bits per heavy atom. The highest BCUT2D eigenvalue weighted by Crippen LogP contribution is 2.09. The smallest absolute Gasteiger partial charge is 0.242 e. The van der Waals surface area contributed by atoms with Crippen molar-refractivity contribution in [2.45, 2.75) is 11.3 Å². The largest absolute Gasteiger partial charge is 0.373 e. The van der Waals surface area contributed by atoms with Gasteiger partial charge in [-0.3, -0.25) is 0 Å². The predicted molar refractivity (Wildman–Crippen MR) is 73.3 cm³/mol. The number of hydrogen-bond acceptors (Lipinski definition) is 6. The lowest BCUT2D eigenvalue weighted by molar-refractivity contribution is 0.577. The molecular formula is C10H17N3O4S2. The van der Waals surface area contributed by atoms with Gasteiger partial charge < -0.3 is 5.32 Å². The minimum atomic E-state index is -3.64. The summed E-state index contributed by atoms with van der Waals surface area (Å²) < 4.78 is 47.8. The molecule has 0 fully saturated rings. The Kier molecular flexibility index (Phi) is 5.27. The molecule has 0 spiro atoms. The summed E-state index contributed by atoms with van der Waals surface area (Å²) in [7, 11) is -5.03. The van der Waals surface area contributed by atoms with Crippen molar-refractivity contribution in [2.24, 2.45) is 0 Å². The van der Waals surface area contributed by atoms with Crippen molar-refractivity contribution in [3.63, 3.8) is 0 Å². The average molecular weight is 307 g/mol. The van der Waals surface area contributed by atoms with Gasteiger partial charge in [-0.25, -0.2) is 26.5 Å². The van der Waals surface area contributed by atoms with Crippen LogP contribution in [0.1, 0.15) is 6.42 Å². The van der Waals surface area contributed by atoms with E-state index in [9.17, 15) is 16.8 Å². The van der Waals surface area contributed by atoms with Crippen molar-refractivity contribution in [1.29, 1.82) is 0 Å². The van der Waals surface area contributed by atoms with Gasteiger partial charge in [-0.1, -0.05) is 0 Å². The third-order valence-corrected chi connectivity index (χ3v) is 4.76. The fraction of sp³-hybridized carbons (Fsp3) is 0.500. The summed E-state index contributed by atoms with van der Waals surface area (Å²) in [6.07, 6.45) is 2.59. The van der Waals surface area contributed by atoms with Gasteiger partial charge in [-0.05, 0) is 18.6 Å². The maximum absolute atomic E-state index is 11.8. The van der Waals surface area contributed by atoms with Crippen molar-refractivity contribution < 1.29 is 16.8 Å². The van der Waals surface area contributed by atoms with Crippen LogP contribution in [0.25, 0.3) is 0 Å². The number of sulfone groups is 1. The molecule has 9 heteroatoms. The number of aromatic nitrogens is 1. The number of pyridine rings is 1. The van der Waals surface area contributed by atoms with Gasteiger partial charge in [0, 0.05) is 26.0 Å². The number of nitrogens with zero attached hydrogens (tertiary/aromatic N) is 1. The number of rotatable bonds is 7. The van der Waals surface area contributed by atoms with Crippen LogP contribution in [0.15, 0.2) is 23.2 Å². The van der Waals surface area contributed by atoms with E-state index in [-0.39, 0.29) is 23.6 Å². The predicted octanol–water partition coefficient (Wildman–Crippen LogP) is -0.164. The Labute approximate surface area is 113 Å². The molecule has 0 radical (unpaired) electrons. The number of nitrogens with one attached hydrogen (secondary N) is 2. The highest BCUT2D eigenvalue weighted by molar-refractivity contribution is 7.90. The zero-order valence-electron chi connectivity index (χ0n) is 10.8. The van der Waals surface area contributed by atoms with Gasteiger partial charge in [-0.2, -0.15) is 0 Å². The minimum Gasteiger partial charge on any atom is -0.373 e. The van der Waals surface area contributed by atoms with E-state index < -0.39 is 19.9 Å². The number of hydrogen-bond donors (Lipinski definition) is 2. The van der Waals surface area contributed by atoms with Gasteiger partial charge in [0.1, 0.15) is 20.6 Å². The molecular weight excluding hydrogens is 290 g/mol. The molecule has 1 rings (SSSR count). The fourth-order valence-electron chi connectivity index (χ4n) is 1.31. The van der Waals surface area contributed by atoms with E-state index in [0.29, 0.717) is 5.82 Å². The van der Waals surface area contributed by atoms with Crippen LogP contribution in [0.2, 0.25) is 0 Å². The zero-order valence-corrected chi connectivity index (χ0v) is 12.4. The van der Waals surface area contributed by atoms with E-state index in [1.807, 2.05) is 0 Å². The van der Waals surface area contributed by atoms with E-state index in [4.69, 9.17) is 0 Å². The molecule has 0 saturated heterocycles. The molecule has 0 atom stereocenters. The van der Waals surface area contributed by atoms with E-state index in [1.165, 1.54) is 12.3 Å². The molecule has 19 heavy (non-hydrogen) atoms. The highest BCUT2D eigenvalue weighted by atomic mass is 32.2. The van der Waals surface area contributed by atoms with E-state index in [1.54, 1.807) is 13.1 Å². The Hall–Kier alpha value is -1.19. The number of sulfonamides is 1. The van der Waals surface area contributed by atoms with E-state index >= 15 is 0 Å². The standard InChI is InChI=1S/C10H17N3O4S2/c1-11-10-5-4-9(8-12-10)19(16,17)13-6-3-7-18(2,14)15/h4-5,8,13H,3,6-7H2,1-2H3,(H,11,12). The first-order valence-corrected chi connectivity index (χ1v) is 9.10. The van der Waals surface area contributed by atoms with Crippen LogP contribution in [0, 0.1) is 0 Å².